The molecule has 0 saturated heterocycles. The molecule has 0 saturated carbocycles. The van der Waals surface area contributed by atoms with Crippen molar-refractivity contribution in [1.82, 2.24) is 14.5 Å². The number of hydrogen-bond donors (Lipinski definition) is 1. The molecular formula is C22H22FN3O. The van der Waals surface area contributed by atoms with Gasteiger partial charge in [0.05, 0.1) is 0 Å². The van der Waals surface area contributed by atoms with Gasteiger partial charge in [-0.3, -0.25) is 4.79 Å². The number of carbonyl (C=O) groups excluding carboxylic acids is 1. The predicted octanol–water partition coefficient (Wildman–Crippen LogP) is 4.65. The zero-order chi connectivity index (χ0) is 19.1. The van der Waals surface area contributed by atoms with Crippen LogP contribution in [0.3, 0.4) is 0 Å². The van der Waals surface area contributed by atoms with E-state index < -0.39 is 0 Å². The van der Waals surface area contributed by atoms with Gasteiger partial charge >= 0.3 is 0 Å². The number of aromatic amines is 1. The average Bonchev–Trinajstić information content (AvgIpc) is 3.15. The van der Waals surface area contributed by atoms with Gasteiger partial charge in [0.15, 0.2) is 0 Å². The summed E-state index contributed by atoms with van der Waals surface area (Å²) in [7, 11) is 1.80. The Morgan fingerprint density at radius 2 is 1.93 bits per heavy atom. The van der Waals surface area contributed by atoms with Crippen molar-refractivity contribution in [3.8, 4) is 0 Å². The number of H-pyrrole nitrogens is 1. The van der Waals surface area contributed by atoms with Gasteiger partial charge in [-0.25, -0.2) is 4.39 Å². The van der Waals surface area contributed by atoms with Crippen molar-refractivity contribution in [1.29, 1.82) is 0 Å². The van der Waals surface area contributed by atoms with E-state index in [0.29, 0.717) is 12.2 Å². The molecule has 0 unspecified atom stereocenters. The summed E-state index contributed by atoms with van der Waals surface area (Å²) in [6.45, 7) is 5.23. The zero-order valence-electron chi connectivity index (χ0n) is 15.7. The van der Waals surface area contributed by atoms with Crippen molar-refractivity contribution >= 4 is 27.7 Å². The van der Waals surface area contributed by atoms with Crippen LogP contribution in [-0.2, 0) is 6.54 Å². The van der Waals surface area contributed by atoms with E-state index in [9.17, 15) is 9.18 Å². The fourth-order valence-corrected chi connectivity index (χ4v) is 3.70. The van der Waals surface area contributed by atoms with E-state index in [-0.39, 0.29) is 11.7 Å². The van der Waals surface area contributed by atoms with Gasteiger partial charge in [0.1, 0.15) is 11.5 Å². The number of para-hydroxylation sites is 1. The third kappa shape index (κ3) is 2.99. The molecule has 2 heterocycles. The summed E-state index contributed by atoms with van der Waals surface area (Å²) in [6, 6.07) is 14.9. The molecule has 4 aromatic rings. The standard InChI is InChI=1S/C22H22FN3O/c1-14-12-16-6-4-5-7-20(16)26(14)11-10-25(3)22(27)21-15(2)18-13-17(23)8-9-19(18)24-21/h4-9,12-13,24H,10-11H2,1-3H3. The third-order valence-corrected chi connectivity index (χ3v) is 5.26. The molecule has 0 atom stereocenters. The van der Waals surface area contributed by atoms with Gasteiger partial charge in [0.25, 0.3) is 5.91 Å². The topological polar surface area (TPSA) is 41.0 Å². The quantitative estimate of drug-likeness (QED) is 0.563. The smallest absolute Gasteiger partial charge is 0.270 e. The number of fused-ring (bicyclic) bond motifs is 2. The summed E-state index contributed by atoms with van der Waals surface area (Å²) in [5.41, 5.74) is 4.43. The maximum absolute atomic E-state index is 13.5. The Bertz CT molecular complexity index is 1160. The molecule has 0 aliphatic rings. The first-order valence-corrected chi connectivity index (χ1v) is 9.04. The molecule has 0 aliphatic carbocycles. The summed E-state index contributed by atoms with van der Waals surface area (Å²) in [5.74, 6) is -0.384. The van der Waals surface area contributed by atoms with Crippen molar-refractivity contribution in [2.45, 2.75) is 20.4 Å². The van der Waals surface area contributed by atoms with Crippen molar-refractivity contribution in [3.63, 3.8) is 0 Å². The molecule has 2 aromatic carbocycles. The second kappa shape index (κ2) is 6.58. The van der Waals surface area contributed by atoms with E-state index in [0.717, 1.165) is 23.0 Å². The van der Waals surface area contributed by atoms with E-state index in [4.69, 9.17) is 0 Å². The van der Waals surface area contributed by atoms with Crippen molar-refractivity contribution < 1.29 is 9.18 Å². The molecule has 0 fully saturated rings. The highest BCUT2D eigenvalue weighted by molar-refractivity contribution is 6.00. The fourth-order valence-electron chi connectivity index (χ4n) is 3.70. The largest absolute Gasteiger partial charge is 0.350 e. The van der Waals surface area contributed by atoms with Crippen LogP contribution in [-0.4, -0.2) is 34.0 Å². The molecule has 138 valence electrons. The summed E-state index contributed by atoms with van der Waals surface area (Å²) >= 11 is 0. The van der Waals surface area contributed by atoms with Gasteiger partial charge < -0.3 is 14.5 Å². The van der Waals surface area contributed by atoms with Crippen molar-refractivity contribution in [2.24, 2.45) is 0 Å². The molecule has 0 radical (unpaired) electrons. The second-order valence-corrected chi connectivity index (χ2v) is 7.04. The molecule has 5 heteroatoms. The minimum absolute atomic E-state index is 0.0850. The average molecular weight is 363 g/mol. The van der Waals surface area contributed by atoms with Crippen LogP contribution in [0, 0.1) is 19.7 Å². The summed E-state index contributed by atoms with van der Waals surface area (Å²) in [6.07, 6.45) is 0. The number of nitrogens with zero attached hydrogens (tertiary/aromatic N) is 2. The summed E-state index contributed by atoms with van der Waals surface area (Å²) in [4.78, 5) is 17.8. The Labute approximate surface area is 157 Å². The number of hydrogen-bond acceptors (Lipinski definition) is 1. The first kappa shape index (κ1) is 17.3. The normalized spacial score (nSPS) is 11.4. The third-order valence-electron chi connectivity index (χ3n) is 5.26. The van der Waals surface area contributed by atoms with Gasteiger partial charge in [0, 0.05) is 42.3 Å². The lowest BCUT2D eigenvalue weighted by Gasteiger charge is -2.18. The monoisotopic (exact) mass is 363 g/mol. The first-order chi connectivity index (χ1) is 13.0. The maximum atomic E-state index is 13.5. The molecule has 0 spiro atoms. The number of aromatic nitrogens is 2. The van der Waals surface area contributed by atoms with Crippen LogP contribution in [0.5, 0.6) is 0 Å². The number of rotatable bonds is 4. The zero-order valence-corrected chi connectivity index (χ0v) is 15.7. The number of benzene rings is 2. The lowest BCUT2D eigenvalue weighted by Crippen LogP contribution is -2.31. The number of aryl methyl sites for hydroxylation is 2. The van der Waals surface area contributed by atoms with Crippen LogP contribution in [0.25, 0.3) is 21.8 Å². The summed E-state index contributed by atoms with van der Waals surface area (Å²) in [5, 5.41) is 1.96. The van der Waals surface area contributed by atoms with Crippen LogP contribution >= 0.6 is 0 Å². The highest BCUT2D eigenvalue weighted by Gasteiger charge is 2.19. The van der Waals surface area contributed by atoms with Gasteiger partial charge in [-0.1, -0.05) is 18.2 Å². The first-order valence-electron chi connectivity index (χ1n) is 9.04. The molecule has 1 amide bonds. The minimum Gasteiger partial charge on any atom is -0.350 e. The van der Waals surface area contributed by atoms with Gasteiger partial charge in [-0.2, -0.15) is 0 Å². The van der Waals surface area contributed by atoms with Crippen molar-refractivity contribution in [3.05, 3.63) is 71.3 Å². The number of amides is 1. The van der Waals surface area contributed by atoms with Gasteiger partial charge in [-0.05, 0) is 55.1 Å². The van der Waals surface area contributed by atoms with Crippen LogP contribution in [0.15, 0.2) is 48.5 Å². The van der Waals surface area contributed by atoms with Gasteiger partial charge in [-0.15, -0.1) is 0 Å². The lowest BCUT2D eigenvalue weighted by molar-refractivity contribution is 0.0785. The highest BCUT2D eigenvalue weighted by Crippen LogP contribution is 2.24. The number of carbonyl (C=O) groups is 1. The molecule has 0 bridgehead atoms. The number of likely N-dealkylation sites (N-methyl/N-ethyl adjacent to an activating group) is 1. The Balaban J connectivity index is 1.56. The Kier molecular flexibility index (Phi) is 4.22. The van der Waals surface area contributed by atoms with E-state index in [1.165, 1.54) is 28.7 Å². The van der Waals surface area contributed by atoms with E-state index in [2.05, 4.69) is 34.7 Å². The Morgan fingerprint density at radius 1 is 1.15 bits per heavy atom. The van der Waals surface area contributed by atoms with Crippen LogP contribution < -0.4 is 0 Å². The van der Waals surface area contributed by atoms with Crippen LogP contribution in [0.2, 0.25) is 0 Å². The minimum atomic E-state index is -0.299. The Morgan fingerprint density at radius 3 is 2.74 bits per heavy atom. The lowest BCUT2D eigenvalue weighted by atomic mass is 10.1. The van der Waals surface area contributed by atoms with Crippen LogP contribution in [0.4, 0.5) is 4.39 Å². The molecule has 4 rings (SSSR count). The SMILES string of the molecule is Cc1c(C(=O)N(C)CCn2c(C)cc3ccccc32)[nH]c2ccc(F)cc12. The molecule has 4 nitrogen and oxygen atoms in total. The highest BCUT2D eigenvalue weighted by atomic mass is 19.1. The molecule has 27 heavy (non-hydrogen) atoms. The molecule has 2 aromatic heterocycles. The maximum Gasteiger partial charge on any atom is 0.270 e. The summed E-state index contributed by atoms with van der Waals surface area (Å²) < 4.78 is 15.7. The van der Waals surface area contributed by atoms with E-state index in [1.807, 2.05) is 19.1 Å². The van der Waals surface area contributed by atoms with Gasteiger partial charge in [0.2, 0.25) is 0 Å². The van der Waals surface area contributed by atoms with E-state index in [1.54, 1.807) is 18.0 Å². The van der Waals surface area contributed by atoms with Crippen LogP contribution in [0.1, 0.15) is 21.7 Å². The molecule has 1 N–H and O–H groups in total. The molecule has 0 aliphatic heterocycles. The van der Waals surface area contributed by atoms with Crippen molar-refractivity contribution in [2.75, 3.05) is 13.6 Å². The Hall–Kier alpha value is -3.08. The van der Waals surface area contributed by atoms with E-state index >= 15 is 0 Å². The predicted molar refractivity (Wildman–Crippen MR) is 107 cm³/mol. The number of nitrogens with one attached hydrogen (secondary N) is 1. The fraction of sp³-hybridized carbons (Fsp3) is 0.227. The number of halogens is 1. The second-order valence-electron chi connectivity index (χ2n) is 7.04. The molecular weight excluding hydrogens is 341 g/mol.